The van der Waals surface area contributed by atoms with Gasteiger partial charge < -0.3 is 19.8 Å². The minimum atomic E-state index is -0.964. The van der Waals surface area contributed by atoms with Crippen LogP contribution in [0.2, 0.25) is 5.02 Å². The lowest BCUT2D eigenvalue weighted by atomic mass is 10.2. The Bertz CT molecular complexity index is 717. The summed E-state index contributed by atoms with van der Waals surface area (Å²) in [7, 11) is 1.51. The molecule has 0 aliphatic rings. The Balaban J connectivity index is 1.98. The Morgan fingerprint density at radius 2 is 2.04 bits per heavy atom. The van der Waals surface area contributed by atoms with Crippen molar-refractivity contribution >= 4 is 23.6 Å². The number of aliphatic carboxylic acids is 1. The molecule has 2 N–H and O–H groups in total. The molecular weight excluding hydrogens is 336 g/mol. The Morgan fingerprint density at radius 3 is 2.67 bits per heavy atom. The maximum atomic E-state index is 12.0. The topological polar surface area (TPSA) is 109 Å². The predicted molar refractivity (Wildman–Crippen MR) is 86.6 cm³/mol. The molecule has 0 bridgehead atoms. The molecule has 1 aromatic carbocycles. The van der Waals surface area contributed by atoms with Crippen LogP contribution in [0.3, 0.4) is 0 Å². The summed E-state index contributed by atoms with van der Waals surface area (Å²) in [4.78, 5) is 28.0. The number of aromatic nitrogens is 2. The van der Waals surface area contributed by atoms with Crippen molar-refractivity contribution in [2.75, 3.05) is 13.6 Å². The number of rotatable bonds is 6. The fourth-order valence-electron chi connectivity index (χ4n) is 1.85. The van der Waals surface area contributed by atoms with Crippen LogP contribution in [0.4, 0.5) is 4.79 Å². The number of carbonyl (C=O) groups is 2. The second-order valence-electron chi connectivity index (χ2n) is 5.20. The molecule has 2 amide bonds. The molecule has 0 fully saturated rings. The summed E-state index contributed by atoms with van der Waals surface area (Å²) in [5.74, 6) is -0.324. The molecule has 1 heterocycles. The highest BCUT2D eigenvalue weighted by atomic mass is 35.5. The third-order valence-corrected chi connectivity index (χ3v) is 3.52. The quantitative estimate of drug-likeness (QED) is 0.827. The van der Waals surface area contributed by atoms with Crippen molar-refractivity contribution in [3.8, 4) is 11.5 Å². The molecule has 1 unspecified atom stereocenters. The third-order valence-electron chi connectivity index (χ3n) is 3.27. The molecule has 0 radical (unpaired) electrons. The molecule has 1 aromatic heterocycles. The molecule has 8 nitrogen and oxygen atoms in total. The van der Waals surface area contributed by atoms with Crippen LogP contribution in [0.1, 0.15) is 25.2 Å². The normalized spacial score (nSPS) is 11.8. The van der Waals surface area contributed by atoms with Crippen molar-refractivity contribution in [1.82, 2.24) is 20.4 Å². The van der Waals surface area contributed by atoms with Gasteiger partial charge in [0.2, 0.25) is 0 Å². The van der Waals surface area contributed by atoms with Crippen LogP contribution in [0, 0.1) is 0 Å². The van der Waals surface area contributed by atoms with Crippen molar-refractivity contribution in [2.24, 2.45) is 0 Å². The number of amides is 2. The van der Waals surface area contributed by atoms with Gasteiger partial charge in [0.05, 0.1) is 12.5 Å². The van der Waals surface area contributed by atoms with Gasteiger partial charge in [0.15, 0.2) is 5.82 Å². The number of halogens is 1. The first-order valence-electron chi connectivity index (χ1n) is 7.20. The summed E-state index contributed by atoms with van der Waals surface area (Å²) in [5.41, 5.74) is 0.718. The van der Waals surface area contributed by atoms with Gasteiger partial charge in [0.1, 0.15) is 0 Å². The molecule has 2 rings (SSSR count). The second kappa shape index (κ2) is 7.78. The zero-order valence-electron chi connectivity index (χ0n) is 13.2. The fraction of sp³-hybridized carbons (Fsp3) is 0.333. The van der Waals surface area contributed by atoms with Gasteiger partial charge in [0.25, 0.3) is 5.89 Å². The van der Waals surface area contributed by atoms with Crippen LogP contribution in [0.25, 0.3) is 11.5 Å². The van der Waals surface area contributed by atoms with Crippen molar-refractivity contribution in [1.29, 1.82) is 0 Å². The third kappa shape index (κ3) is 4.69. The van der Waals surface area contributed by atoms with Crippen molar-refractivity contribution in [3.05, 3.63) is 35.1 Å². The molecule has 0 saturated carbocycles. The van der Waals surface area contributed by atoms with Crippen LogP contribution < -0.4 is 5.32 Å². The van der Waals surface area contributed by atoms with Crippen molar-refractivity contribution in [2.45, 2.75) is 19.4 Å². The van der Waals surface area contributed by atoms with Crippen molar-refractivity contribution in [3.63, 3.8) is 0 Å². The molecule has 128 valence electrons. The van der Waals surface area contributed by atoms with Gasteiger partial charge in [-0.15, -0.1) is 0 Å². The maximum Gasteiger partial charge on any atom is 0.317 e. The van der Waals surface area contributed by atoms with Gasteiger partial charge in [-0.1, -0.05) is 16.8 Å². The molecule has 2 aromatic rings. The minimum absolute atomic E-state index is 0.107. The number of hydrogen-bond donors (Lipinski definition) is 2. The van der Waals surface area contributed by atoms with Gasteiger partial charge in [0, 0.05) is 24.2 Å². The molecule has 0 aliphatic heterocycles. The zero-order valence-corrected chi connectivity index (χ0v) is 13.9. The number of carboxylic acids is 1. The van der Waals surface area contributed by atoms with E-state index in [-0.39, 0.29) is 13.0 Å². The number of carboxylic acid groups (broad SMARTS) is 1. The Hall–Kier alpha value is -2.61. The van der Waals surface area contributed by atoms with E-state index < -0.39 is 18.0 Å². The van der Waals surface area contributed by atoms with Gasteiger partial charge >= 0.3 is 12.0 Å². The summed E-state index contributed by atoms with van der Waals surface area (Å²) in [6, 6.07) is 6.02. The number of benzene rings is 1. The molecule has 24 heavy (non-hydrogen) atoms. The summed E-state index contributed by atoms with van der Waals surface area (Å²) < 4.78 is 5.19. The Labute approximate surface area is 143 Å². The highest BCUT2D eigenvalue weighted by molar-refractivity contribution is 6.30. The molecule has 9 heteroatoms. The van der Waals surface area contributed by atoms with Crippen molar-refractivity contribution < 1.29 is 19.2 Å². The van der Waals surface area contributed by atoms with E-state index in [9.17, 15) is 9.59 Å². The average Bonchev–Trinajstić information content (AvgIpc) is 3.03. The van der Waals surface area contributed by atoms with Crippen LogP contribution >= 0.6 is 11.6 Å². The molecule has 1 atom stereocenters. The molecule has 0 aliphatic carbocycles. The molecule has 0 spiro atoms. The van der Waals surface area contributed by atoms with Gasteiger partial charge in [-0.05, 0) is 31.2 Å². The van der Waals surface area contributed by atoms with Gasteiger partial charge in [-0.25, -0.2) is 4.79 Å². The van der Waals surface area contributed by atoms with E-state index in [1.165, 1.54) is 11.9 Å². The number of urea groups is 1. The first-order valence-corrected chi connectivity index (χ1v) is 7.57. The number of nitrogens with zero attached hydrogens (tertiary/aromatic N) is 3. The minimum Gasteiger partial charge on any atom is -0.481 e. The van der Waals surface area contributed by atoms with Gasteiger partial charge in [-0.2, -0.15) is 4.98 Å². The zero-order chi connectivity index (χ0) is 17.7. The van der Waals surface area contributed by atoms with Crippen LogP contribution in [0.5, 0.6) is 0 Å². The molecule has 0 saturated heterocycles. The monoisotopic (exact) mass is 352 g/mol. The first kappa shape index (κ1) is 17.7. The standard InChI is InChI=1S/C15H17ClN4O4/c1-9(17-15(23)20(2)8-7-12(21)22)13-18-14(24-19-13)10-3-5-11(16)6-4-10/h3-6,9H,7-8H2,1-2H3,(H,17,23)(H,21,22). The molecular formula is C15H17ClN4O4. The van der Waals surface area contributed by atoms with E-state index in [0.717, 1.165) is 5.56 Å². The summed E-state index contributed by atoms with van der Waals surface area (Å²) in [6.07, 6.45) is -0.124. The predicted octanol–water partition coefficient (Wildman–Crippen LogP) is 2.57. The highest BCUT2D eigenvalue weighted by Crippen LogP contribution is 2.21. The summed E-state index contributed by atoms with van der Waals surface area (Å²) in [6.45, 7) is 1.82. The summed E-state index contributed by atoms with van der Waals surface area (Å²) in [5, 5.41) is 15.8. The second-order valence-corrected chi connectivity index (χ2v) is 5.64. The van der Waals surface area contributed by atoms with E-state index >= 15 is 0 Å². The summed E-state index contributed by atoms with van der Waals surface area (Å²) >= 11 is 5.83. The lowest BCUT2D eigenvalue weighted by Gasteiger charge is -2.19. The van der Waals surface area contributed by atoms with Crippen LogP contribution in [0.15, 0.2) is 28.8 Å². The first-order chi connectivity index (χ1) is 11.4. The van der Waals surface area contributed by atoms with E-state index in [1.54, 1.807) is 31.2 Å². The Morgan fingerprint density at radius 1 is 1.38 bits per heavy atom. The van der Waals surface area contributed by atoms with Crippen LogP contribution in [-0.4, -0.2) is 45.7 Å². The Kier molecular flexibility index (Phi) is 5.75. The largest absolute Gasteiger partial charge is 0.481 e. The van der Waals surface area contributed by atoms with Gasteiger partial charge in [-0.3, -0.25) is 4.79 Å². The lowest BCUT2D eigenvalue weighted by Crippen LogP contribution is -2.39. The number of hydrogen-bond acceptors (Lipinski definition) is 5. The maximum absolute atomic E-state index is 12.0. The van der Waals surface area contributed by atoms with E-state index in [0.29, 0.717) is 16.7 Å². The number of carbonyl (C=O) groups excluding carboxylic acids is 1. The highest BCUT2D eigenvalue weighted by Gasteiger charge is 2.19. The average molecular weight is 353 g/mol. The van der Waals surface area contributed by atoms with Crippen LogP contribution in [-0.2, 0) is 4.79 Å². The van der Waals surface area contributed by atoms with E-state index in [4.69, 9.17) is 21.2 Å². The lowest BCUT2D eigenvalue weighted by molar-refractivity contribution is -0.137. The van der Waals surface area contributed by atoms with E-state index in [2.05, 4.69) is 15.5 Å². The SMILES string of the molecule is CC(NC(=O)N(C)CCC(=O)O)c1noc(-c2ccc(Cl)cc2)n1. The fourth-order valence-corrected chi connectivity index (χ4v) is 1.97. The number of nitrogens with one attached hydrogen (secondary N) is 1. The smallest absolute Gasteiger partial charge is 0.317 e. The van der Waals surface area contributed by atoms with E-state index in [1.807, 2.05) is 0 Å².